The Morgan fingerprint density at radius 3 is 2.21 bits per heavy atom. The zero-order chi connectivity index (χ0) is 13.7. The highest BCUT2D eigenvalue weighted by molar-refractivity contribution is 5.47. The summed E-state index contributed by atoms with van der Waals surface area (Å²) in [5.74, 6) is 0. The van der Waals surface area contributed by atoms with Gasteiger partial charge in [-0.3, -0.25) is 0 Å². The van der Waals surface area contributed by atoms with E-state index in [1.165, 1.54) is 5.56 Å². The molecule has 0 saturated carbocycles. The number of rotatable bonds is 5. The van der Waals surface area contributed by atoms with E-state index in [2.05, 4.69) is 5.32 Å². The Bertz CT molecular complexity index is 496. The number of aliphatic hydroxyl groups is 2. The van der Waals surface area contributed by atoms with Crippen LogP contribution in [0.3, 0.4) is 0 Å². The predicted molar refractivity (Wildman–Crippen MR) is 77.1 cm³/mol. The third-order valence-electron chi connectivity index (χ3n) is 3.10. The molecule has 2 aromatic rings. The first-order valence-corrected chi connectivity index (χ1v) is 6.38. The van der Waals surface area contributed by atoms with Crippen LogP contribution in [0.5, 0.6) is 0 Å². The summed E-state index contributed by atoms with van der Waals surface area (Å²) < 4.78 is 0. The molecule has 0 spiro atoms. The number of hydrogen-bond acceptors (Lipinski definition) is 3. The Morgan fingerprint density at radius 1 is 1.00 bits per heavy atom. The minimum atomic E-state index is -0.844. The molecular formula is C16H19NO2. The molecule has 0 saturated heterocycles. The van der Waals surface area contributed by atoms with E-state index in [1.807, 2.05) is 61.5 Å². The summed E-state index contributed by atoms with van der Waals surface area (Å²) in [4.78, 5) is 0. The van der Waals surface area contributed by atoms with Gasteiger partial charge in [-0.05, 0) is 24.6 Å². The highest BCUT2D eigenvalue weighted by Gasteiger charge is 2.20. The predicted octanol–water partition coefficient (Wildman–Crippen LogP) is 2.50. The van der Waals surface area contributed by atoms with Crippen LogP contribution in [0.25, 0.3) is 0 Å². The zero-order valence-electron chi connectivity index (χ0n) is 11.0. The third-order valence-corrected chi connectivity index (χ3v) is 3.10. The van der Waals surface area contributed by atoms with Crippen LogP contribution in [0.1, 0.15) is 17.2 Å². The molecule has 3 heteroatoms. The van der Waals surface area contributed by atoms with Crippen LogP contribution in [-0.4, -0.2) is 22.9 Å². The van der Waals surface area contributed by atoms with Gasteiger partial charge in [-0.25, -0.2) is 0 Å². The van der Waals surface area contributed by atoms with Crippen LogP contribution in [0.2, 0.25) is 0 Å². The van der Waals surface area contributed by atoms with Gasteiger partial charge in [0.05, 0.1) is 12.6 Å². The molecule has 0 aliphatic heterocycles. The monoisotopic (exact) mass is 257 g/mol. The summed E-state index contributed by atoms with van der Waals surface area (Å²) in [5.41, 5.74) is 3.06. The maximum absolute atomic E-state index is 9.97. The number of aryl methyl sites for hydroxylation is 1. The lowest BCUT2D eigenvalue weighted by molar-refractivity contribution is 0.0795. The fourth-order valence-electron chi connectivity index (χ4n) is 2.00. The molecule has 100 valence electrons. The van der Waals surface area contributed by atoms with Crippen molar-refractivity contribution in [2.24, 2.45) is 0 Å². The molecule has 0 amide bonds. The van der Waals surface area contributed by atoms with Crippen molar-refractivity contribution in [3.8, 4) is 0 Å². The van der Waals surface area contributed by atoms with Crippen LogP contribution in [0, 0.1) is 6.92 Å². The fourth-order valence-corrected chi connectivity index (χ4v) is 2.00. The number of aliphatic hydroxyl groups excluding tert-OH is 2. The molecule has 2 rings (SSSR count). The number of hydrogen-bond donors (Lipinski definition) is 3. The lowest BCUT2D eigenvalue weighted by Gasteiger charge is -2.24. The van der Waals surface area contributed by atoms with Gasteiger partial charge in [0, 0.05) is 5.69 Å². The highest BCUT2D eigenvalue weighted by Crippen LogP contribution is 2.23. The maximum Gasteiger partial charge on any atom is 0.101 e. The Labute approximate surface area is 113 Å². The first kappa shape index (κ1) is 13.6. The van der Waals surface area contributed by atoms with E-state index in [0.717, 1.165) is 11.3 Å². The van der Waals surface area contributed by atoms with Crippen molar-refractivity contribution in [3.63, 3.8) is 0 Å². The second-order valence-electron chi connectivity index (χ2n) is 4.65. The molecule has 0 radical (unpaired) electrons. The molecule has 0 heterocycles. The highest BCUT2D eigenvalue weighted by atomic mass is 16.3. The van der Waals surface area contributed by atoms with Gasteiger partial charge in [0.25, 0.3) is 0 Å². The standard InChI is InChI=1S/C16H19NO2/c1-12-7-9-14(10-8-12)17-16(15(19)11-18)13-5-3-2-4-6-13/h2-10,15-19H,11H2,1H3/t15-,16+/m0/s1. The maximum atomic E-state index is 9.97. The molecule has 3 nitrogen and oxygen atoms in total. The van der Waals surface area contributed by atoms with E-state index >= 15 is 0 Å². The molecule has 0 aromatic heterocycles. The fraction of sp³-hybridized carbons (Fsp3) is 0.250. The lowest BCUT2D eigenvalue weighted by Crippen LogP contribution is -2.28. The normalized spacial score (nSPS) is 13.8. The Kier molecular flexibility index (Phi) is 4.55. The minimum absolute atomic E-state index is 0.279. The van der Waals surface area contributed by atoms with Crippen molar-refractivity contribution in [2.45, 2.75) is 19.1 Å². The quantitative estimate of drug-likeness (QED) is 0.771. The molecule has 2 atom stereocenters. The van der Waals surface area contributed by atoms with Gasteiger partial charge >= 0.3 is 0 Å². The van der Waals surface area contributed by atoms with Crippen LogP contribution >= 0.6 is 0 Å². The summed E-state index contributed by atoms with van der Waals surface area (Å²) in [7, 11) is 0. The topological polar surface area (TPSA) is 52.5 Å². The van der Waals surface area contributed by atoms with Crippen LogP contribution in [0.15, 0.2) is 54.6 Å². The second kappa shape index (κ2) is 6.36. The molecule has 19 heavy (non-hydrogen) atoms. The summed E-state index contributed by atoms with van der Waals surface area (Å²) in [6.45, 7) is 1.75. The van der Waals surface area contributed by atoms with Crippen LogP contribution in [-0.2, 0) is 0 Å². The van der Waals surface area contributed by atoms with Crippen molar-refractivity contribution in [2.75, 3.05) is 11.9 Å². The van der Waals surface area contributed by atoms with Crippen molar-refractivity contribution < 1.29 is 10.2 Å². The van der Waals surface area contributed by atoms with Crippen molar-refractivity contribution >= 4 is 5.69 Å². The van der Waals surface area contributed by atoms with E-state index in [9.17, 15) is 10.2 Å². The molecular weight excluding hydrogens is 238 g/mol. The van der Waals surface area contributed by atoms with Gasteiger partial charge in [-0.1, -0.05) is 48.0 Å². The molecule has 3 N–H and O–H groups in total. The average molecular weight is 257 g/mol. The lowest BCUT2D eigenvalue weighted by atomic mass is 10.0. The molecule has 2 aromatic carbocycles. The Hall–Kier alpha value is -1.84. The van der Waals surface area contributed by atoms with Crippen molar-refractivity contribution in [1.29, 1.82) is 0 Å². The van der Waals surface area contributed by atoms with Crippen LogP contribution in [0.4, 0.5) is 5.69 Å². The smallest absolute Gasteiger partial charge is 0.101 e. The van der Waals surface area contributed by atoms with Gasteiger partial charge in [0.1, 0.15) is 6.10 Å². The number of anilines is 1. The van der Waals surface area contributed by atoms with E-state index < -0.39 is 6.10 Å². The largest absolute Gasteiger partial charge is 0.394 e. The zero-order valence-corrected chi connectivity index (χ0v) is 11.0. The van der Waals surface area contributed by atoms with Gasteiger partial charge in [-0.15, -0.1) is 0 Å². The Morgan fingerprint density at radius 2 is 1.63 bits per heavy atom. The van der Waals surface area contributed by atoms with E-state index in [-0.39, 0.29) is 12.6 Å². The number of benzene rings is 2. The molecule has 0 unspecified atom stereocenters. The second-order valence-corrected chi connectivity index (χ2v) is 4.65. The van der Waals surface area contributed by atoms with E-state index in [1.54, 1.807) is 0 Å². The first-order valence-electron chi connectivity index (χ1n) is 6.38. The van der Waals surface area contributed by atoms with E-state index in [4.69, 9.17) is 0 Å². The van der Waals surface area contributed by atoms with Crippen molar-refractivity contribution in [3.05, 3.63) is 65.7 Å². The van der Waals surface area contributed by atoms with Crippen molar-refractivity contribution in [1.82, 2.24) is 0 Å². The summed E-state index contributed by atoms with van der Waals surface area (Å²) in [5, 5.41) is 22.4. The SMILES string of the molecule is Cc1ccc(N[C@H](c2ccccc2)[C@@H](O)CO)cc1. The van der Waals surface area contributed by atoms with Gasteiger partial charge in [-0.2, -0.15) is 0 Å². The molecule has 0 aliphatic rings. The molecule has 0 aliphatic carbocycles. The van der Waals surface area contributed by atoms with Gasteiger partial charge in [0.2, 0.25) is 0 Å². The summed E-state index contributed by atoms with van der Waals surface area (Å²) >= 11 is 0. The molecule has 0 fully saturated rings. The summed E-state index contributed by atoms with van der Waals surface area (Å²) in [6, 6.07) is 17.3. The minimum Gasteiger partial charge on any atom is -0.394 e. The Balaban J connectivity index is 2.21. The van der Waals surface area contributed by atoms with Crippen LogP contribution < -0.4 is 5.32 Å². The third kappa shape index (κ3) is 3.56. The van der Waals surface area contributed by atoms with Gasteiger partial charge in [0.15, 0.2) is 0 Å². The van der Waals surface area contributed by atoms with E-state index in [0.29, 0.717) is 0 Å². The summed E-state index contributed by atoms with van der Waals surface area (Å²) in [6.07, 6.45) is -0.844. The first-order chi connectivity index (χ1) is 9.20. The average Bonchev–Trinajstić information content (AvgIpc) is 2.47. The molecule has 0 bridgehead atoms. The number of nitrogens with one attached hydrogen (secondary N) is 1. The van der Waals surface area contributed by atoms with Gasteiger partial charge < -0.3 is 15.5 Å².